The maximum Gasteiger partial charge on any atom is 0.335 e. The van der Waals surface area contributed by atoms with E-state index in [-0.39, 0.29) is 11.1 Å². The molecule has 0 saturated heterocycles. The minimum absolute atomic E-state index is 0.0186. The minimum Gasteiger partial charge on any atom is -0.478 e. The molecule has 0 aliphatic rings. The number of benzene rings is 1. The van der Waals surface area contributed by atoms with Gasteiger partial charge in [-0.2, -0.15) is 0 Å². The third-order valence-corrected chi connectivity index (χ3v) is 1.36. The van der Waals surface area contributed by atoms with Gasteiger partial charge in [-0.1, -0.05) is 6.07 Å². The molecule has 76 valence electrons. The van der Waals surface area contributed by atoms with E-state index in [0.29, 0.717) is 0 Å². The summed E-state index contributed by atoms with van der Waals surface area (Å²) in [6.45, 7) is 0. The van der Waals surface area contributed by atoms with Crippen LogP contribution in [0.5, 0.6) is 0 Å². The van der Waals surface area contributed by atoms with E-state index in [4.69, 9.17) is 10.2 Å². The molecular weight excluding hydrogens is 186 g/mol. The standard InChI is InChI=1S/C8H6O4.CH5N/c9-7(10)5-2-1-3-6(4-5)8(11)12;1-2/h1-4H,(H,9,10)(H,11,12);2H2,1H3. The first kappa shape index (κ1) is 12.1. The van der Waals surface area contributed by atoms with Crippen LogP contribution < -0.4 is 5.73 Å². The molecule has 0 atom stereocenters. The summed E-state index contributed by atoms with van der Waals surface area (Å²) in [5.74, 6) is -2.25. The maximum absolute atomic E-state index is 10.4. The summed E-state index contributed by atoms with van der Waals surface area (Å²) in [5, 5.41) is 17.0. The quantitative estimate of drug-likeness (QED) is 0.646. The molecule has 0 bridgehead atoms. The highest BCUT2D eigenvalue weighted by Gasteiger charge is 2.06. The number of carboxylic acids is 2. The lowest BCUT2D eigenvalue weighted by atomic mass is 10.1. The molecule has 0 saturated carbocycles. The van der Waals surface area contributed by atoms with E-state index in [1.165, 1.54) is 25.2 Å². The zero-order chi connectivity index (χ0) is 11.1. The second-order valence-electron chi connectivity index (χ2n) is 2.19. The predicted octanol–water partition coefficient (Wildman–Crippen LogP) is 0.658. The first-order chi connectivity index (χ1) is 6.61. The van der Waals surface area contributed by atoms with Gasteiger partial charge in [0.2, 0.25) is 0 Å². The smallest absolute Gasteiger partial charge is 0.335 e. The SMILES string of the molecule is CN.O=C(O)c1cccc(C(=O)O)c1. The highest BCUT2D eigenvalue weighted by atomic mass is 16.4. The zero-order valence-electron chi connectivity index (χ0n) is 7.60. The molecule has 0 aliphatic heterocycles. The van der Waals surface area contributed by atoms with E-state index in [1.54, 1.807) is 0 Å². The van der Waals surface area contributed by atoms with Crippen molar-refractivity contribution < 1.29 is 19.8 Å². The van der Waals surface area contributed by atoms with Crippen molar-refractivity contribution in [3.8, 4) is 0 Å². The largest absolute Gasteiger partial charge is 0.478 e. The molecule has 1 rings (SSSR count). The van der Waals surface area contributed by atoms with E-state index in [0.717, 1.165) is 6.07 Å². The summed E-state index contributed by atoms with van der Waals surface area (Å²) < 4.78 is 0. The zero-order valence-corrected chi connectivity index (χ0v) is 7.60. The van der Waals surface area contributed by atoms with Gasteiger partial charge in [-0.05, 0) is 25.2 Å². The van der Waals surface area contributed by atoms with Crippen molar-refractivity contribution >= 4 is 11.9 Å². The third-order valence-electron chi connectivity index (χ3n) is 1.36. The summed E-state index contributed by atoms with van der Waals surface area (Å²) in [6.07, 6.45) is 0. The van der Waals surface area contributed by atoms with Crippen LogP contribution in [0, 0.1) is 0 Å². The summed E-state index contributed by atoms with van der Waals surface area (Å²) >= 11 is 0. The second-order valence-corrected chi connectivity index (χ2v) is 2.19. The van der Waals surface area contributed by atoms with Gasteiger partial charge in [-0.25, -0.2) is 9.59 Å². The third kappa shape index (κ3) is 3.24. The van der Waals surface area contributed by atoms with Crippen LogP contribution in [0.1, 0.15) is 20.7 Å². The average Bonchev–Trinajstić information content (AvgIpc) is 2.21. The van der Waals surface area contributed by atoms with Gasteiger partial charge in [0, 0.05) is 0 Å². The number of aromatic carboxylic acids is 2. The van der Waals surface area contributed by atoms with E-state index in [2.05, 4.69) is 5.73 Å². The van der Waals surface area contributed by atoms with Crippen molar-refractivity contribution in [2.24, 2.45) is 5.73 Å². The van der Waals surface area contributed by atoms with Gasteiger partial charge in [-0.3, -0.25) is 0 Å². The fraction of sp³-hybridized carbons (Fsp3) is 0.111. The summed E-state index contributed by atoms with van der Waals surface area (Å²) in [5.41, 5.74) is 4.46. The molecular formula is C9H11NO4. The first-order valence-electron chi connectivity index (χ1n) is 3.75. The number of hydrogen-bond acceptors (Lipinski definition) is 3. The Morgan fingerprint density at radius 3 is 1.71 bits per heavy atom. The molecule has 4 N–H and O–H groups in total. The monoisotopic (exact) mass is 197 g/mol. The van der Waals surface area contributed by atoms with Crippen molar-refractivity contribution in [1.29, 1.82) is 0 Å². The molecule has 1 aromatic rings. The topological polar surface area (TPSA) is 101 Å². The van der Waals surface area contributed by atoms with Gasteiger partial charge in [0.25, 0.3) is 0 Å². The van der Waals surface area contributed by atoms with Crippen LogP contribution in [0.25, 0.3) is 0 Å². The van der Waals surface area contributed by atoms with Crippen molar-refractivity contribution in [3.63, 3.8) is 0 Å². The van der Waals surface area contributed by atoms with Gasteiger partial charge in [0.05, 0.1) is 11.1 Å². The Labute approximate surface area is 80.8 Å². The van der Waals surface area contributed by atoms with Gasteiger partial charge >= 0.3 is 11.9 Å². The number of carboxylic acid groups (broad SMARTS) is 2. The van der Waals surface area contributed by atoms with Crippen molar-refractivity contribution in [2.75, 3.05) is 7.05 Å². The number of rotatable bonds is 2. The maximum atomic E-state index is 10.4. The summed E-state index contributed by atoms with van der Waals surface area (Å²) in [4.78, 5) is 20.8. The Bertz CT molecular complexity index is 306. The lowest BCUT2D eigenvalue weighted by Gasteiger charge is -1.95. The number of carbonyl (C=O) groups is 2. The van der Waals surface area contributed by atoms with Crippen LogP contribution in [0.15, 0.2) is 24.3 Å². The fourth-order valence-electron chi connectivity index (χ4n) is 0.785. The number of hydrogen-bond donors (Lipinski definition) is 3. The molecule has 0 unspecified atom stereocenters. The Balaban J connectivity index is 0.000000791. The normalized spacial score (nSPS) is 8.43. The van der Waals surface area contributed by atoms with E-state index >= 15 is 0 Å². The van der Waals surface area contributed by atoms with E-state index < -0.39 is 11.9 Å². The Morgan fingerprint density at radius 2 is 1.43 bits per heavy atom. The number of nitrogens with two attached hydrogens (primary N) is 1. The molecule has 0 fully saturated rings. The molecule has 0 radical (unpaired) electrons. The summed E-state index contributed by atoms with van der Waals surface area (Å²) in [6, 6.07) is 5.20. The first-order valence-corrected chi connectivity index (χ1v) is 3.75. The average molecular weight is 197 g/mol. The molecule has 0 amide bonds. The van der Waals surface area contributed by atoms with Crippen LogP contribution in [0.4, 0.5) is 0 Å². The van der Waals surface area contributed by atoms with E-state index in [1.807, 2.05) is 0 Å². The van der Waals surface area contributed by atoms with Crippen LogP contribution >= 0.6 is 0 Å². The lowest BCUT2D eigenvalue weighted by Crippen LogP contribution is -2.01. The van der Waals surface area contributed by atoms with Crippen LogP contribution in [0.3, 0.4) is 0 Å². The minimum atomic E-state index is -1.13. The molecule has 14 heavy (non-hydrogen) atoms. The van der Waals surface area contributed by atoms with Crippen LogP contribution in [0.2, 0.25) is 0 Å². The Kier molecular flexibility index (Phi) is 4.95. The highest BCUT2D eigenvalue weighted by molar-refractivity contribution is 5.93. The van der Waals surface area contributed by atoms with Crippen molar-refractivity contribution in [3.05, 3.63) is 35.4 Å². The fourth-order valence-corrected chi connectivity index (χ4v) is 0.785. The predicted molar refractivity (Wildman–Crippen MR) is 50.5 cm³/mol. The molecule has 0 aliphatic carbocycles. The second kappa shape index (κ2) is 5.71. The van der Waals surface area contributed by atoms with Crippen LogP contribution in [-0.4, -0.2) is 29.2 Å². The molecule has 0 spiro atoms. The van der Waals surface area contributed by atoms with Gasteiger partial charge in [-0.15, -0.1) is 0 Å². The summed E-state index contributed by atoms with van der Waals surface area (Å²) in [7, 11) is 1.50. The van der Waals surface area contributed by atoms with Crippen molar-refractivity contribution in [1.82, 2.24) is 0 Å². The molecule has 1 aromatic carbocycles. The van der Waals surface area contributed by atoms with Gasteiger partial charge in [0.1, 0.15) is 0 Å². The molecule has 0 heterocycles. The van der Waals surface area contributed by atoms with Crippen molar-refractivity contribution in [2.45, 2.75) is 0 Å². The van der Waals surface area contributed by atoms with Crippen LogP contribution in [-0.2, 0) is 0 Å². The van der Waals surface area contributed by atoms with Gasteiger partial charge in [0.15, 0.2) is 0 Å². The molecule has 0 aromatic heterocycles. The molecule has 5 heteroatoms. The molecule has 5 nitrogen and oxygen atoms in total. The Morgan fingerprint density at radius 1 is 1.07 bits per heavy atom. The lowest BCUT2D eigenvalue weighted by molar-refractivity contribution is 0.0696. The van der Waals surface area contributed by atoms with Gasteiger partial charge < -0.3 is 15.9 Å². The highest BCUT2D eigenvalue weighted by Crippen LogP contribution is 2.04. The Hall–Kier alpha value is -1.88. The van der Waals surface area contributed by atoms with E-state index in [9.17, 15) is 9.59 Å².